The summed E-state index contributed by atoms with van der Waals surface area (Å²) in [4.78, 5) is 25.7. The molecule has 0 fully saturated rings. The molecule has 4 aromatic carbocycles. The molecular weight excluding hydrogens is 1020 g/mol. The number of halogens is 2. The van der Waals surface area contributed by atoms with Gasteiger partial charge in [0.1, 0.15) is 12.1 Å². The number of carbonyl (C=O) groups is 2. The van der Waals surface area contributed by atoms with E-state index in [2.05, 4.69) is 38.4 Å². The molecule has 2 aliphatic heterocycles. The Bertz CT molecular complexity index is 2350. The molecule has 76 heavy (non-hydrogen) atoms. The number of benzene rings is 4. The number of rotatable bonds is 28. The number of ether oxygens (including phenoxy) is 12. The van der Waals surface area contributed by atoms with Crippen LogP contribution in [0.1, 0.15) is 84.0 Å². The molecule has 0 N–H and O–H groups in total. The van der Waals surface area contributed by atoms with Gasteiger partial charge in [-0.3, -0.25) is 9.59 Å². The molecular formula is C58H82Cl2N2O14+2. The second-order valence-corrected chi connectivity index (χ2v) is 19.4. The van der Waals surface area contributed by atoms with Gasteiger partial charge in [0.15, 0.2) is 46.0 Å². The zero-order chi connectivity index (χ0) is 53.4. The first-order valence-corrected chi connectivity index (χ1v) is 25.5. The first-order valence-electron chi connectivity index (χ1n) is 25.5. The van der Waals surface area contributed by atoms with Crippen LogP contribution in [0.4, 0.5) is 0 Å². The minimum absolute atomic E-state index is 0. The van der Waals surface area contributed by atoms with Crippen LogP contribution >= 0.6 is 24.8 Å². The highest BCUT2D eigenvalue weighted by Gasteiger charge is 2.42. The van der Waals surface area contributed by atoms with E-state index in [9.17, 15) is 9.59 Å². The van der Waals surface area contributed by atoms with E-state index in [-0.39, 0.29) is 61.7 Å². The van der Waals surface area contributed by atoms with Crippen LogP contribution in [0.15, 0.2) is 60.7 Å². The molecule has 18 heteroatoms. The van der Waals surface area contributed by atoms with Crippen molar-refractivity contribution >= 4 is 36.8 Å². The molecule has 2 aliphatic rings. The normalized spacial score (nSPS) is 18.4. The Balaban J connectivity index is 0.00000624. The van der Waals surface area contributed by atoms with Crippen LogP contribution in [0.2, 0.25) is 0 Å². The Morgan fingerprint density at radius 3 is 1.08 bits per heavy atom. The lowest BCUT2D eigenvalue weighted by molar-refractivity contribution is -0.941. The van der Waals surface area contributed by atoms with Crippen molar-refractivity contribution in [2.24, 2.45) is 0 Å². The Hall–Kier alpha value is -5.94. The number of likely N-dealkylation sites (N-methyl/N-ethyl adjacent to an activating group) is 2. The Labute approximate surface area is 462 Å². The summed E-state index contributed by atoms with van der Waals surface area (Å²) in [5, 5.41) is 0. The Kier molecular flexibility index (Phi) is 24.3. The summed E-state index contributed by atoms with van der Waals surface area (Å²) < 4.78 is 69.8. The van der Waals surface area contributed by atoms with E-state index in [0.29, 0.717) is 109 Å². The van der Waals surface area contributed by atoms with E-state index in [4.69, 9.17) is 56.8 Å². The molecule has 0 saturated carbocycles. The van der Waals surface area contributed by atoms with Crippen molar-refractivity contribution in [3.05, 3.63) is 94.1 Å². The molecule has 0 amide bonds. The molecule has 16 nitrogen and oxygen atoms in total. The fraction of sp³-hybridized carbons (Fsp3) is 0.517. The number of fused-ring (bicyclic) bond motifs is 2. The van der Waals surface area contributed by atoms with Gasteiger partial charge in [-0.25, -0.2) is 0 Å². The minimum atomic E-state index is -0.246. The summed E-state index contributed by atoms with van der Waals surface area (Å²) in [6.45, 7) is 4.02. The molecule has 0 aromatic heterocycles. The number of nitrogens with zero attached hydrogens (tertiary/aromatic N) is 2. The van der Waals surface area contributed by atoms with Crippen LogP contribution in [0.3, 0.4) is 0 Å². The predicted octanol–water partition coefficient (Wildman–Crippen LogP) is 9.87. The molecule has 0 bridgehead atoms. The van der Waals surface area contributed by atoms with E-state index in [1.807, 2.05) is 36.4 Å². The van der Waals surface area contributed by atoms with E-state index in [1.54, 1.807) is 71.1 Å². The van der Waals surface area contributed by atoms with Crippen LogP contribution < -0.4 is 47.4 Å². The fourth-order valence-electron chi connectivity index (χ4n) is 10.8. The monoisotopic (exact) mass is 1100 g/mol. The summed E-state index contributed by atoms with van der Waals surface area (Å²) in [7, 11) is 20.9. The predicted molar refractivity (Wildman–Crippen MR) is 297 cm³/mol. The summed E-state index contributed by atoms with van der Waals surface area (Å²) >= 11 is 0. The lowest BCUT2D eigenvalue weighted by Gasteiger charge is -2.46. The maximum absolute atomic E-state index is 12.9. The number of hydrogen-bond acceptors (Lipinski definition) is 14. The second-order valence-electron chi connectivity index (χ2n) is 19.4. The van der Waals surface area contributed by atoms with Crippen LogP contribution in [-0.4, -0.2) is 145 Å². The highest BCUT2D eigenvalue weighted by atomic mass is 35.5. The smallest absolute Gasteiger partial charge is 0.306 e. The number of esters is 2. The second kappa shape index (κ2) is 29.5. The number of quaternary nitrogens is 2. The Morgan fingerprint density at radius 1 is 0.461 bits per heavy atom. The molecule has 0 aliphatic carbocycles. The fourth-order valence-corrected chi connectivity index (χ4v) is 10.8. The molecule has 6 rings (SSSR count). The maximum atomic E-state index is 12.9. The zero-order valence-corrected chi connectivity index (χ0v) is 48.3. The number of allylic oxidation sites excluding steroid dienone is 2. The third-order valence-electron chi connectivity index (χ3n) is 15.0. The third kappa shape index (κ3) is 15.0. The van der Waals surface area contributed by atoms with Gasteiger partial charge in [-0.1, -0.05) is 12.2 Å². The summed E-state index contributed by atoms with van der Waals surface area (Å²) in [6, 6.07) is 16.5. The van der Waals surface area contributed by atoms with Gasteiger partial charge in [0.05, 0.1) is 125 Å². The molecule has 2 unspecified atom stereocenters. The van der Waals surface area contributed by atoms with Crippen LogP contribution in [0.5, 0.6) is 57.5 Å². The summed E-state index contributed by atoms with van der Waals surface area (Å²) in [6.07, 6.45) is 9.94. The minimum Gasteiger partial charge on any atom is -0.493 e. The van der Waals surface area contributed by atoms with E-state index >= 15 is 0 Å². The van der Waals surface area contributed by atoms with Gasteiger partial charge in [0.25, 0.3) is 0 Å². The highest BCUT2D eigenvalue weighted by molar-refractivity contribution is 5.85. The van der Waals surface area contributed by atoms with Gasteiger partial charge in [-0.15, -0.1) is 24.8 Å². The quantitative estimate of drug-likeness (QED) is 0.0230. The van der Waals surface area contributed by atoms with Crippen LogP contribution in [-0.2, 0) is 44.7 Å². The van der Waals surface area contributed by atoms with Crippen molar-refractivity contribution in [3.8, 4) is 57.5 Å². The number of hydrogen-bond donors (Lipinski definition) is 0. The van der Waals surface area contributed by atoms with E-state index < -0.39 is 0 Å². The van der Waals surface area contributed by atoms with Crippen LogP contribution in [0.25, 0.3) is 0 Å². The SMILES string of the molecule is COc1cc2c(cc1OC)[C@@H](Cc1cc(OC)c(OC)c(OC)c1)[N+](C)(CCCOC(=O)CC/C=C/CCC(=O)OCCC[N+]1(C)CCc3cc(OC)c(OC)cc3[C@H]1Cc1cc(OC)c(OC)c(OC)c1)CC2.Cl.Cl. The topological polar surface area (TPSA) is 145 Å². The van der Waals surface area contributed by atoms with E-state index in [0.717, 1.165) is 59.1 Å². The van der Waals surface area contributed by atoms with Gasteiger partial charge in [-0.05, 0) is 83.6 Å². The van der Waals surface area contributed by atoms with Crippen molar-refractivity contribution in [2.45, 2.75) is 76.3 Å². The lowest BCUT2D eigenvalue weighted by Crippen LogP contribution is -2.52. The first kappa shape index (κ1) is 62.6. The summed E-state index contributed by atoms with van der Waals surface area (Å²) in [5.74, 6) is 5.81. The standard InChI is InChI=1S/C58H80N2O14.2ClH/c1-59(25-21-41-35-47(63-3)49(65-5)37-43(41)45(59)29-39-31-51(67-7)57(71-11)52(32-39)68-8)23-17-27-73-55(61)19-15-13-14-16-20-56(62)74-28-18-24-60(2)26-22-42-36-48(64-4)50(66-6)38-44(42)46(60)30-40-33-53(69-9)58(72-12)54(34-40)70-10;;/h13-14,31-38,45-46H,15-30H2,1-12H3;2*1H/q+2;;/b14-13+;;/t45-,46-,59?,60?;;/m1../s1. The van der Waals surface area contributed by atoms with Crippen molar-refractivity contribution in [1.29, 1.82) is 0 Å². The molecule has 2 heterocycles. The van der Waals surface area contributed by atoms with Gasteiger partial charge >= 0.3 is 11.9 Å². The van der Waals surface area contributed by atoms with Crippen molar-refractivity contribution in [2.75, 3.05) is 125 Å². The maximum Gasteiger partial charge on any atom is 0.306 e. The van der Waals surface area contributed by atoms with Crippen molar-refractivity contribution < 1.29 is 75.4 Å². The lowest BCUT2D eigenvalue weighted by atomic mass is 9.86. The average molecular weight is 1100 g/mol. The molecule has 0 radical (unpaired) electrons. The third-order valence-corrected chi connectivity index (χ3v) is 15.0. The van der Waals surface area contributed by atoms with Crippen molar-refractivity contribution in [3.63, 3.8) is 0 Å². The summed E-state index contributed by atoms with van der Waals surface area (Å²) in [5.41, 5.74) is 6.93. The molecule has 4 aromatic rings. The van der Waals surface area contributed by atoms with Crippen molar-refractivity contribution in [1.82, 2.24) is 0 Å². The highest BCUT2D eigenvalue weighted by Crippen LogP contribution is 2.47. The Morgan fingerprint density at radius 2 is 0.776 bits per heavy atom. The van der Waals surface area contributed by atoms with E-state index in [1.165, 1.54) is 22.3 Å². The number of methoxy groups -OCH3 is 10. The van der Waals surface area contributed by atoms with Gasteiger partial charge in [0.2, 0.25) is 11.5 Å². The molecule has 420 valence electrons. The van der Waals surface area contributed by atoms with Gasteiger partial charge in [0, 0.05) is 62.5 Å². The van der Waals surface area contributed by atoms with Gasteiger partial charge < -0.3 is 65.8 Å². The molecule has 0 saturated heterocycles. The average Bonchev–Trinajstić information content (AvgIpc) is 3.42. The molecule has 4 atom stereocenters. The molecule has 0 spiro atoms. The first-order chi connectivity index (χ1) is 35.7. The number of carbonyl (C=O) groups excluding carboxylic acids is 2. The zero-order valence-electron chi connectivity index (χ0n) is 46.7. The van der Waals surface area contributed by atoms with Crippen LogP contribution in [0, 0.1) is 0 Å². The van der Waals surface area contributed by atoms with Gasteiger partial charge in [-0.2, -0.15) is 0 Å². The largest absolute Gasteiger partial charge is 0.493 e.